The van der Waals surface area contributed by atoms with Crippen LogP contribution < -0.4 is 15.0 Å². The number of pyridine rings is 1. The molecule has 24 heavy (non-hydrogen) atoms. The normalized spacial score (nSPS) is 15.8. The van der Waals surface area contributed by atoms with Crippen molar-refractivity contribution in [2.24, 2.45) is 0 Å². The zero-order valence-electron chi connectivity index (χ0n) is 14.5. The number of anilines is 2. The maximum Gasteiger partial charge on any atom is 0.253 e. The maximum atomic E-state index is 12.1. The van der Waals surface area contributed by atoms with E-state index in [-0.39, 0.29) is 11.8 Å². The van der Waals surface area contributed by atoms with Crippen LogP contribution in [0.2, 0.25) is 0 Å². The lowest BCUT2D eigenvalue weighted by atomic mass is 10.2. The molecule has 0 saturated carbocycles. The van der Waals surface area contributed by atoms with Gasteiger partial charge in [-0.2, -0.15) is 4.98 Å². The molecule has 1 aromatic heterocycles. The number of amides is 2. The first-order valence-corrected chi connectivity index (χ1v) is 7.85. The van der Waals surface area contributed by atoms with E-state index in [9.17, 15) is 9.59 Å². The standard InChI is InChI=1S/C16H24N4O4/c1-11(23-3)16(22)17-13-5-6-14(24-4)18-15(13)20-9-7-19(8-10-20)12(2)21/h5-6,11H,7-10H2,1-4H3,(H,17,22)/t11-/m1/s1. The van der Waals surface area contributed by atoms with Crippen molar-refractivity contribution < 1.29 is 19.1 Å². The number of carbonyl (C=O) groups excluding carboxylic acids is 2. The van der Waals surface area contributed by atoms with Crippen LogP contribution >= 0.6 is 0 Å². The molecule has 0 aromatic carbocycles. The van der Waals surface area contributed by atoms with Gasteiger partial charge in [-0.25, -0.2) is 0 Å². The van der Waals surface area contributed by atoms with Gasteiger partial charge in [0.2, 0.25) is 11.8 Å². The van der Waals surface area contributed by atoms with Crippen LogP contribution in [0.1, 0.15) is 13.8 Å². The maximum absolute atomic E-state index is 12.1. The fraction of sp³-hybridized carbons (Fsp3) is 0.562. The average Bonchev–Trinajstić information content (AvgIpc) is 2.61. The van der Waals surface area contributed by atoms with Gasteiger partial charge in [0.05, 0.1) is 12.8 Å². The number of rotatable bonds is 5. The molecule has 0 unspecified atom stereocenters. The summed E-state index contributed by atoms with van der Waals surface area (Å²) in [6.07, 6.45) is -0.561. The third kappa shape index (κ3) is 4.14. The third-order valence-electron chi connectivity index (χ3n) is 4.06. The van der Waals surface area contributed by atoms with Crippen LogP contribution in [0.5, 0.6) is 5.88 Å². The monoisotopic (exact) mass is 336 g/mol. The number of methoxy groups -OCH3 is 2. The number of hydrogen-bond donors (Lipinski definition) is 1. The Balaban J connectivity index is 2.20. The summed E-state index contributed by atoms with van der Waals surface area (Å²) in [6.45, 7) is 5.77. The van der Waals surface area contributed by atoms with E-state index >= 15 is 0 Å². The number of nitrogens with zero attached hydrogens (tertiary/aromatic N) is 3. The molecule has 2 heterocycles. The largest absolute Gasteiger partial charge is 0.481 e. The van der Waals surface area contributed by atoms with E-state index in [1.165, 1.54) is 7.11 Å². The molecule has 0 radical (unpaired) electrons. The molecule has 1 fully saturated rings. The Labute approximate surface area is 141 Å². The van der Waals surface area contributed by atoms with Gasteiger partial charge in [-0.3, -0.25) is 9.59 Å². The highest BCUT2D eigenvalue weighted by Crippen LogP contribution is 2.27. The van der Waals surface area contributed by atoms with E-state index in [0.717, 1.165) is 0 Å². The Morgan fingerprint density at radius 1 is 1.21 bits per heavy atom. The van der Waals surface area contributed by atoms with E-state index in [1.807, 2.05) is 4.90 Å². The minimum absolute atomic E-state index is 0.0655. The van der Waals surface area contributed by atoms with Gasteiger partial charge in [-0.05, 0) is 13.0 Å². The highest BCUT2D eigenvalue weighted by Gasteiger charge is 2.23. The second-order valence-electron chi connectivity index (χ2n) is 5.59. The summed E-state index contributed by atoms with van der Waals surface area (Å²) < 4.78 is 10.2. The van der Waals surface area contributed by atoms with Crippen molar-refractivity contribution in [3.05, 3.63) is 12.1 Å². The SMILES string of the molecule is COc1ccc(NC(=O)[C@@H](C)OC)c(N2CCN(C(C)=O)CC2)n1. The van der Waals surface area contributed by atoms with Crippen molar-refractivity contribution in [1.29, 1.82) is 0 Å². The Morgan fingerprint density at radius 3 is 2.42 bits per heavy atom. The van der Waals surface area contributed by atoms with Crippen LogP contribution in [-0.4, -0.2) is 68.2 Å². The molecule has 132 valence electrons. The van der Waals surface area contributed by atoms with E-state index in [0.29, 0.717) is 43.6 Å². The van der Waals surface area contributed by atoms with Gasteiger partial charge in [0, 0.05) is 46.3 Å². The molecule has 1 aliphatic heterocycles. The summed E-state index contributed by atoms with van der Waals surface area (Å²) in [6, 6.07) is 3.46. The van der Waals surface area contributed by atoms with Crippen LogP contribution in [0.25, 0.3) is 0 Å². The van der Waals surface area contributed by atoms with Crippen molar-refractivity contribution in [3.8, 4) is 5.88 Å². The summed E-state index contributed by atoms with van der Waals surface area (Å²) in [7, 11) is 3.03. The topological polar surface area (TPSA) is 84.0 Å². The smallest absolute Gasteiger partial charge is 0.253 e. The molecule has 0 spiro atoms. The Bertz CT molecular complexity index is 600. The summed E-state index contributed by atoms with van der Waals surface area (Å²) in [5, 5.41) is 2.84. The lowest BCUT2D eigenvalue weighted by molar-refractivity contribution is -0.129. The Kier molecular flexibility index (Phi) is 5.97. The molecule has 2 amide bonds. The van der Waals surface area contributed by atoms with Crippen molar-refractivity contribution >= 4 is 23.3 Å². The molecule has 0 aliphatic carbocycles. The number of nitrogens with one attached hydrogen (secondary N) is 1. The fourth-order valence-corrected chi connectivity index (χ4v) is 2.46. The summed E-state index contributed by atoms with van der Waals surface area (Å²) >= 11 is 0. The van der Waals surface area contributed by atoms with Gasteiger partial charge in [0.25, 0.3) is 5.91 Å². The van der Waals surface area contributed by atoms with Gasteiger partial charge in [-0.15, -0.1) is 0 Å². The summed E-state index contributed by atoms with van der Waals surface area (Å²) in [5.74, 6) is 0.926. The molecule has 8 heteroatoms. The van der Waals surface area contributed by atoms with E-state index in [4.69, 9.17) is 9.47 Å². The minimum Gasteiger partial charge on any atom is -0.481 e. The highest BCUT2D eigenvalue weighted by atomic mass is 16.5. The quantitative estimate of drug-likeness (QED) is 0.853. The number of piperazine rings is 1. The molecule has 8 nitrogen and oxygen atoms in total. The summed E-state index contributed by atoms with van der Waals surface area (Å²) in [4.78, 5) is 31.9. The average molecular weight is 336 g/mol. The number of ether oxygens (including phenoxy) is 2. The second kappa shape index (κ2) is 7.96. The first kappa shape index (κ1) is 18.0. The van der Waals surface area contributed by atoms with Crippen molar-refractivity contribution in [2.45, 2.75) is 20.0 Å². The molecule has 1 saturated heterocycles. The van der Waals surface area contributed by atoms with Crippen LogP contribution in [0.4, 0.5) is 11.5 Å². The van der Waals surface area contributed by atoms with Gasteiger partial charge in [0.15, 0.2) is 5.82 Å². The zero-order chi connectivity index (χ0) is 17.7. The molecular formula is C16H24N4O4. The van der Waals surface area contributed by atoms with Crippen molar-refractivity contribution in [2.75, 3.05) is 50.6 Å². The zero-order valence-corrected chi connectivity index (χ0v) is 14.5. The highest BCUT2D eigenvalue weighted by molar-refractivity contribution is 5.96. The molecule has 0 bridgehead atoms. The molecule has 1 atom stereocenters. The Morgan fingerprint density at radius 2 is 1.88 bits per heavy atom. The number of hydrogen-bond acceptors (Lipinski definition) is 6. The predicted octanol–water partition coefficient (Wildman–Crippen LogP) is 0.732. The van der Waals surface area contributed by atoms with Crippen LogP contribution in [-0.2, 0) is 14.3 Å². The van der Waals surface area contributed by atoms with E-state index in [1.54, 1.807) is 38.0 Å². The van der Waals surface area contributed by atoms with Crippen molar-refractivity contribution in [1.82, 2.24) is 9.88 Å². The van der Waals surface area contributed by atoms with Crippen LogP contribution in [0.15, 0.2) is 12.1 Å². The summed E-state index contributed by atoms with van der Waals surface area (Å²) in [5.41, 5.74) is 0.598. The lowest BCUT2D eigenvalue weighted by Gasteiger charge is -2.35. The molecule has 2 rings (SSSR count). The predicted molar refractivity (Wildman–Crippen MR) is 90.4 cm³/mol. The molecule has 1 aromatic rings. The van der Waals surface area contributed by atoms with E-state index < -0.39 is 6.10 Å². The lowest BCUT2D eigenvalue weighted by Crippen LogP contribution is -2.48. The first-order chi connectivity index (χ1) is 11.5. The van der Waals surface area contributed by atoms with Gasteiger partial charge in [0.1, 0.15) is 6.10 Å². The van der Waals surface area contributed by atoms with Gasteiger partial charge >= 0.3 is 0 Å². The van der Waals surface area contributed by atoms with E-state index in [2.05, 4.69) is 10.3 Å². The van der Waals surface area contributed by atoms with Crippen LogP contribution in [0.3, 0.4) is 0 Å². The molecule has 1 N–H and O–H groups in total. The number of aromatic nitrogens is 1. The van der Waals surface area contributed by atoms with Crippen molar-refractivity contribution in [3.63, 3.8) is 0 Å². The minimum atomic E-state index is -0.561. The fourth-order valence-electron chi connectivity index (χ4n) is 2.46. The molecular weight excluding hydrogens is 312 g/mol. The van der Waals surface area contributed by atoms with Gasteiger partial charge in [-0.1, -0.05) is 0 Å². The molecule has 1 aliphatic rings. The third-order valence-corrected chi connectivity index (χ3v) is 4.06. The second-order valence-corrected chi connectivity index (χ2v) is 5.59. The van der Waals surface area contributed by atoms with Gasteiger partial charge < -0.3 is 24.6 Å². The Hall–Kier alpha value is -2.35. The number of carbonyl (C=O) groups is 2. The van der Waals surface area contributed by atoms with Crippen LogP contribution in [0, 0.1) is 0 Å². The first-order valence-electron chi connectivity index (χ1n) is 7.85.